The minimum absolute atomic E-state index is 0.0835. The highest BCUT2D eigenvalue weighted by molar-refractivity contribution is 6.06. The van der Waals surface area contributed by atoms with E-state index >= 15 is 0 Å². The van der Waals surface area contributed by atoms with Crippen LogP contribution >= 0.6 is 0 Å². The molecule has 0 bridgehead atoms. The highest BCUT2D eigenvalue weighted by Crippen LogP contribution is 2.32. The lowest BCUT2D eigenvalue weighted by Gasteiger charge is -2.30. The Bertz CT molecular complexity index is 1050. The van der Waals surface area contributed by atoms with Gasteiger partial charge in [0.2, 0.25) is 0 Å². The molecule has 0 unspecified atom stereocenters. The van der Waals surface area contributed by atoms with Crippen molar-refractivity contribution in [3.63, 3.8) is 0 Å². The Morgan fingerprint density at radius 3 is 2.03 bits per heavy atom. The van der Waals surface area contributed by atoms with Gasteiger partial charge in [-0.25, -0.2) is 0 Å². The molecule has 0 radical (unpaired) electrons. The molecule has 0 saturated carbocycles. The Labute approximate surface area is 203 Å². The van der Waals surface area contributed by atoms with Gasteiger partial charge in [0.05, 0.1) is 7.11 Å². The first-order valence-corrected chi connectivity index (χ1v) is 11.8. The molecule has 0 heterocycles. The van der Waals surface area contributed by atoms with Gasteiger partial charge in [-0.2, -0.15) is 0 Å². The predicted octanol–water partition coefficient (Wildman–Crippen LogP) is 6.14. The van der Waals surface area contributed by atoms with Crippen molar-refractivity contribution in [2.45, 2.75) is 39.8 Å². The lowest BCUT2D eigenvalue weighted by Crippen LogP contribution is -2.39. The van der Waals surface area contributed by atoms with E-state index in [1.54, 1.807) is 19.1 Å². The zero-order valence-corrected chi connectivity index (χ0v) is 21.1. The summed E-state index contributed by atoms with van der Waals surface area (Å²) in [5.41, 5.74) is 3.58. The molecule has 1 amide bonds. The molecular weight excluding hydrogens is 424 g/mol. The summed E-state index contributed by atoms with van der Waals surface area (Å²) in [5, 5.41) is 0. The van der Waals surface area contributed by atoms with Crippen molar-refractivity contribution >= 4 is 11.6 Å². The van der Waals surface area contributed by atoms with E-state index in [9.17, 15) is 4.79 Å². The highest BCUT2D eigenvalue weighted by atomic mass is 16.5. The Hall–Kier alpha value is -3.31. The van der Waals surface area contributed by atoms with Crippen LogP contribution in [0.2, 0.25) is 0 Å². The molecule has 0 saturated heterocycles. The second kappa shape index (κ2) is 11.7. The zero-order valence-electron chi connectivity index (χ0n) is 21.1. The molecule has 0 atom stereocenters. The number of carbonyl (C=O) groups is 1. The first kappa shape index (κ1) is 25.3. The molecule has 0 aliphatic heterocycles. The number of nitrogens with zero attached hydrogens (tertiary/aromatic N) is 2. The number of benzene rings is 3. The summed E-state index contributed by atoms with van der Waals surface area (Å²) in [6.07, 6.45) is 0. The fourth-order valence-electron chi connectivity index (χ4n) is 4.10. The number of rotatable bonds is 10. The molecule has 0 spiro atoms. The summed E-state index contributed by atoms with van der Waals surface area (Å²) < 4.78 is 11.6. The van der Waals surface area contributed by atoms with Crippen molar-refractivity contribution in [1.29, 1.82) is 0 Å². The Morgan fingerprint density at radius 1 is 0.824 bits per heavy atom. The van der Waals surface area contributed by atoms with E-state index in [1.807, 2.05) is 60.7 Å². The molecule has 5 nitrogen and oxygen atoms in total. The Morgan fingerprint density at radius 2 is 1.44 bits per heavy atom. The molecular formula is C29H36N2O3. The van der Waals surface area contributed by atoms with Crippen molar-refractivity contribution in [2.24, 2.45) is 0 Å². The van der Waals surface area contributed by atoms with Crippen molar-refractivity contribution in [2.75, 3.05) is 32.2 Å². The van der Waals surface area contributed by atoms with Gasteiger partial charge in [-0.05, 0) is 63.1 Å². The smallest absolute Gasteiger partial charge is 0.258 e. The summed E-state index contributed by atoms with van der Waals surface area (Å²) >= 11 is 0. The van der Waals surface area contributed by atoms with Crippen LogP contribution in [0, 0.1) is 0 Å². The maximum atomic E-state index is 13.1. The maximum Gasteiger partial charge on any atom is 0.258 e. The van der Waals surface area contributed by atoms with Gasteiger partial charge in [0.25, 0.3) is 5.91 Å². The first-order valence-electron chi connectivity index (χ1n) is 11.8. The van der Waals surface area contributed by atoms with E-state index in [1.165, 1.54) is 0 Å². The third-order valence-corrected chi connectivity index (χ3v) is 6.01. The molecule has 5 heteroatoms. The number of carbonyl (C=O) groups excluding carboxylic acids is 1. The molecule has 0 N–H and O–H groups in total. The number of ether oxygens (including phenoxy) is 2. The van der Waals surface area contributed by atoms with Crippen LogP contribution < -0.4 is 14.4 Å². The summed E-state index contributed by atoms with van der Waals surface area (Å²) in [4.78, 5) is 17.1. The summed E-state index contributed by atoms with van der Waals surface area (Å²) in [6, 6.07) is 24.3. The van der Waals surface area contributed by atoms with E-state index in [0.717, 1.165) is 23.4 Å². The monoisotopic (exact) mass is 460 g/mol. The topological polar surface area (TPSA) is 42.0 Å². The van der Waals surface area contributed by atoms with Crippen LogP contribution in [-0.4, -0.2) is 50.2 Å². The van der Waals surface area contributed by atoms with Gasteiger partial charge >= 0.3 is 0 Å². The van der Waals surface area contributed by atoms with Crippen LogP contribution in [0.5, 0.6) is 11.5 Å². The number of amides is 1. The second-order valence-electron chi connectivity index (χ2n) is 8.92. The van der Waals surface area contributed by atoms with Crippen LogP contribution in [0.4, 0.5) is 5.69 Å². The quantitative estimate of drug-likeness (QED) is 0.365. The van der Waals surface area contributed by atoms with Gasteiger partial charge in [-0.3, -0.25) is 9.69 Å². The summed E-state index contributed by atoms with van der Waals surface area (Å²) in [6.45, 7) is 10.2. The summed E-state index contributed by atoms with van der Waals surface area (Å²) in [7, 11) is 3.39. The predicted molar refractivity (Wildman–Crippen MR) is 140 cm³/mol. The molecule has 34 heavy (non-hydrogen) atoms. The molecule has 3 aromatic carbocycles. The lowest BCUT2D eigenvalue weighted by atomic mass is 10.0. The van der Waals surface area contributed by atoms with Crippen LogP contribution in [0.15, 0.2) is 72.8 Å². The van der Waals surface area contributed by atoms with Crippen molar-refractivity contribution in [3.8, 4) is 22.6 Å². The van der Waals surface area contributed by atoms with E-state index in [0.29, 0.717) is 35.8 Å². The van der Waals surface area contributed by atoms with Gasteiger partial charge in [0, 0.05) is 43.0 Å². The minimum Gasteiger partial charge on any atom is -0.493 e. The van der Waals surface area contributed by atoms with Gasteiger partial charge in [0.1, 0.15) is 6.61 Å². The molecule has 0 aliphatic rings. The van der Waals surface area contributed by atoms with Gasteiger partial charge < -0.3 is 14.4 Å². The zero-order chi connectivity index (χ0) is 24.7. The van der Waals surface area contributed by atoms with Crippen molar-refractivity contribution in [3.05, 3.63) is 78.4 Å². The van der Waals surface area contributed by atoms with Crippen molar-refractivity contribution in [1.82, 2.24) is 4.90 Å². The molecule has 3 aromatic rings. The standard InChI is InChI=1S/C29H36N2O3/c1-21(2)31(22(3)4)18-19-34-27-17-16-26(20-28(27)33-6)30(5)29(32)25-14-12-24(13-15-25)23-10-8-7-9-11-23/h7-17,20-22H,18-19H2,1-6H3. The maximum absolute atomic E-state index is 13.1. The fraction of sp³-hybridized carbons (Fsp3) is 0.345. The Balaban J connectivity index is 1.68. The minimum atomic E-state index is -0.0835. The molecule has 180 valence electrons. The molecule has 0 fully saturated rings. The van der Waals surface area contributed by atoms with Gasteiger partial charge in [-0.15, -0.1) is 0 Å². The average molecular weight is 461 g/mol. The average Bonchev–Trinajstić information content (AvgIpc) is 2.86. The van der Waals surface area contributed by atoms with Crippen LogP contribution in [0.1, 0.15) is 38.1 Å². The third-order valence-electron chi connectivity index (χ3n) is 6.01. The van der Waals surface area contributed by atoms with Crippen LogP contribution in [0.3, 0.4) is 0 Å². The number of hydrogen-bond donors (Lipinski definition) is 0. The largest absolute Gasteiger partial charge is 0.493 e. The van der Waals surface area contributed by atoms with E-state index in [-0.39, 0.29) is 5.91 Å². The van der Waals surface area contributed by atoms with Gasteiger partial charge in [-0.1, -0.05) is 42.5 Å². The number of hydrogen-bond acceptors (Lipinski definition) is 4. The first-order chi connectivity index (χ1) is 16.3. The number of methoxy groups -OCH3 is 1. The normalized spacial score (nSPS) is 11.2. The van der Waals surface area contributed by atoms with Crippen LogP contribution in [-0.2, 0) is 0 Å². The number of anilines is 1. The van der Waals surface area contributed by atoms with Gasteiger partial charge in [0.15, 0.2) is 11.5 Å². The van der Waals surface area contributed by atoms with E-state index in [4.69, 9.17) is 9.47 Å². The molecule has 3 rings (SSSR count). The molecule has 0 aromatic heterocycles. The molecule has 0 aliphatic carbocycles. The Kier molecular flexibility index (Phi) is 8.72. The van der Waals surface area contributed by atoms with E-state index in [2.05, 4.69) is 44.7 Å². The SMILES string of the molecule is COc1cc(N(C)C(=O)c2ccc(-c3ccccc3)cc2)ccc1OCCN(C(C)C)C(C)C. The lowest BCUT2D eigenvalue weighted by molar-refractivity contribution is 0.0993. The van der Waals surface area contributed by atoms with E-state index < -0.39 is 0 Å². The summed E-state index contributed by atoms with van der Waals surface area (Å²) in [5.74, 6) is 1.20. The fourth-order valence-corrected chi connectivity index (χ4v) is 4.10. The second-order valence-corrected chi connectivity index (χ2v) is 8.92. The van der Waals surface area contributed by atoms with Crippen LogP contribution in [0.25, 0.3) is 11.1 Å². The highest BCUT2D eigenvalue weighted by Gasteiger charge is 2.17. The van der Waals surface area contributed by atoms with Crippen molar-refractivity contribution < 1.29 is 14.3 Å². The third kappa shape index (κ3) is 6.17.